The van der Waals surface area contributed by atoms with Gasteiger partial charge in [0, 0.05) is 18.3 Å². The van der Waals surface area contributed by atoms with Gasteiger partial charge in [0.05, 0.1) is 0 Å². The van der Waals surface area contributed by atoms with Crippen LogP contribution < -0.4 is 11.1 Å². The summed E-state index contributed by atoms with van der Waals surface area (Å²) in [5.41, 5.74) is 6.62. The molecule has 0 saturated heterocycles. The van der Waals surface area contributed by atoms with Crippen LogP contribution in [0.4, 0.5) is 5.95 Å². The minimum absolute atomic E-state index is 0.144. The summed E-state index contributed by atoms with van der Waals surface area (Å²) in [6.07, 6.45) is 2.39. The highest BCUT2D eigenvalue weighted by Gasteiger charge is 2.18. The molecule has 12 heavy (non-hydrogen) atoms. The van der Waals surface area contributed by atoms with Crippen LogP contribution >= 0.6 is 0 Å². The van der Waals surface area contributed by atoms with Gasteiger partial charge in [0.2, 0.25) is 5.95 Å². The van der Waals surface area contributed by atoms with E-state index in [2.05, 4.69) is 15.3 Å². The van der Waals surface area contributed by atoms with Crippen LogP contribution in [0.25, 0.3) is 0 Å². The maximum absolute atomic E-state index is 11.2. The van der Waals surface area contributed by atoms with E-state index in [1.807, 2.05) is 0 Å². The highest BCUT2D eigenvalue weighted by atomic mass is 16.1. The highest BCUT2D eigenvalue weighted by Crippen LogP contribution is 2.10. The lowest BCUT2D eigenvalue weighted by atomic mass is 10.1. The van der Waals surface area contributed by atoms with Crippen molar-refractivity contribution in [3.8, 4) is 0 Å². The fourth-order valence-electron chi connectivity index (χ4n) is 1.19. The predicted molar refractivity (Wildman–Crippen MR) is 42.5 cm³/mol. The molecule has 0 saturated carbocycles. The molecule has 1 aliphatic heterocycles. The Morgan fingerprint density at radius 3 is 3.25 bits per heavy atom. The van der Waals surface area contributed by atoms with Crippen LogP contribution in [0.15, 0.2) is 6.20 Å². The third-order valence-electron chi connectivity index (χ3n) is 1.78. The van der Waals surface area contributed by atoms with Gasteiger partial charge in [0.25, 0.3) is 5.91 Å². The molecular formula is C7H8N4O. The first kappa shape index (κ1) is 7.02. The third-order valence-corrected chi connectivity index (χ3v) is 1.78. The number of amides is 1. The number of nitrogen functional groups attached to an aromatic ring is 1. The number of hydrogen-bond donors (Lipinski definition) is 2. The number of carbonyl (C=O) groups excluding carboxylic acids is 1. The number of aromatic nitrogens is 2. The summed E-state index contributed by atoms with van der Waals surface area (Å²) in [5, 5.41) is 2.68. The molecule has 1 amide bonds. The molecule has 5 nitrogen and oxygen atoms in total. The highest BCUT2D eigenvalue weighted by molar-refractivity contribution is 5.94. The van der Waals surface area contributed by atoms with E-state index < -0.39 is 0 Å². The van der Waals surface area contributed by atoms with Crippen molar-refractivity contribution in [2.75, 3.05) is 12.3 Å². The lowest BCUT2D eigenvalue weighted by Gasteiger charge is -2.14. The number of anilines is 1. The van der Waals surface area contributed by atoms with Gasteiger partial charge in [-0.3, -0.25) is 4.79 Å². The molecule has 0 bridgehead atoms. The molecule has 0 radical (unpaired) electrons. The third kappa shape index (κ3) is 0.990. The number of nitrogens with zero attached hydrogens (tertiary/aromatic N) is 2. The Balaban J connectivity index is 2.54. The predicted octanol–water partition coefficient (Wildman–Crippen LogP) is -0.655. The number of nitrogens with one attached hydrogen (secondary N) is 1. The van der Waals surface area contributed by atoms with E-state index in [0.717, 1.165) is 12.0 Å². The summed E-state index contributed by atoms with van der Waals surface area (Å²) in [4.78, 5) is 18.8. The van der Waals surface area contributed by atoms with Crippen LogP contribution in [0.1, 0.15) is 16.1 Å². The molecule has 0 aliphatic carbocycles. The Morgan fingerprint density at radius 2 is 2.42 bits per heavy atom. The lowest BCUT2D eigenvalue weighted by Crippen LogP contribution is -2.33. The van der Waals surface area contributed by atoms with Crippen LogP contribution in [0, 0.1) is 0 Å². The Bertz CT molecular complexity index is 336. The van der Waals surface area contributed by atoms with E-state index in [1.165, 1.54) is 0 Å². The fourth-order valence-corrected chi connectivity index (χ4v) is 1.19. The first-order valence-corrected chi connectivity index (χ1v) is 3.67. The Morgan fingerprint density at radius 1 is 1.58 bits per heavy atom. The molecule has 5 heteroatoms. The minimum Gasteiger partial charge on any atom is -0.368 e. The SMILES string of the molecule is Nc1ncc2c(n1)C(=O)NCC2. The standard InChI is InChI=1S/C7H8N4O/c8-7-10-3-4-1-2-9-6(12)5(4)11-7/h3H,1-2H2,(H,9,12)(H2,8,10,11). The quantitative estimate of drug-likeness (QED) is 0.533. The van der Waals surface area contributed by atoms with Gasteiger partial charge in [-0.2, -0.15) is 0 Å². The minimum atomic E-state index is -0.162. The van der Waals surface area contributed by atoms with Gasteiger partial charge in [-0.1, -0.05) is 0 Å². The molecule has 0 fully saturated rings. The molecule has 3 N–H and O–H groups in total. The monoisotopic (exact) mass is 164 g/mol. The summed E-state index contributed by atoms with van der Waals surface area (Å²) in [7, 11) is 0. The second kappa shape index (κ2) is 2.44. The second-order valence-electron chi connectivity index (χ2n) is 2.61. The summed E-state index contributed by atoms with van der Waals surface area (Å²) in [6.45, 7) is 0.652. The van der Waals surface area contributed by atoms with Gasteiger partial charge in [0.1, 0.15) is 5.69 Å². The number of hydrogen-bond acceptors (Lipinski definition) is 4. The van der Waals surface area contributed by atoms with E-state index >= 15 is 0 Å². The van der Waals surface area contributed by atoms with Crippen molar-refractivity contribution in [1.82, 2.24) is 15.3 Å². The normalized spacial score (nSPS) is 15.2. The zero-order chi connectivity index (χ0) is 8.55. The first-order valence-electron chi connectivity index (χ1n) is 3.67. The van der Waals surface area contributed by atoms with Crippen LogP contribution in [0.2, 0.25) is 0 Å². The molecule has 0 atom stereocenters. The van der Waals surface area contributed by atoms with Crippen molar-refractivity contribution in [2.45, 2.75) is 6.42 Å². The van der Waals surface area contributed by atoms with Gasteiger partial charge in [-0.25, -0.2) is 9.97 Å². The number of rotatable bonds is 0. The summed E-state index contributed by atoms with van der Waals surface area (Å²) >= 11 is 0. The molecule has 2 heterocycles. The van der Waals surface area contributed by atoms with E-state index in [9.17, 15) is 4.79 Å². The van der Waals surface area contributed by atoms with E-state index in [1.54, 1.807) is 6.20 Å². The maximum Gasteiger partial charge on any atom is 0.270 e. The van der Waals surface area contributed by atoms with Crippen LogP contribution in [-0.2, 0) is 6.42 Å². The Hall–Kier alpha value is -1.65. The second-order valence-corrected chi connectivity index (χ2v) is 2.61. The van der Waals surface area contributed by atoms with Crippen LogP contribution in [0.3, 0.4) is 0 Å². The van der Waals surface area contributed by atoms with Crippen LogP contribution in [0.5, 0.6) is 0 Å². The van der Waals surface area contributed by atoms with Crippen molar-refractivity contribution in [3.05, 3.63) is 17.5 Å². The van der Waals surface area contributed by atoms with E-state index in [-0.39, 0.29) is 11.9 Å². The van der Waals surface area contributed by atoms with Crippen molar-refractivity contribution in [2.24, 2.45) is 0 Å². The molecular weight excluding hydrogens is 156 g/mol. The zero-order valence-corrected chi connectivity index (χ0v) is 6.37. The van der Waals surface area contributed by atoms with Gasteiger partial charge >= 0.3 is 0 Å². The Kier molecular flexibility index (Phi) is 1.43. The van der Waals surface area contributed by atoms with Gasteiger partial charge in [0.15, 0.2) is 0 Å². The number of nitrogens with two attached hydrogens (primary N) is 1. The molecule has 0 aromatic carbocycles. The Labute approximate surface area is 69.0 Å². The topological polar surface area (TPSA) is 80.9 Å². The number of fused-ring (bicyclic) bond motifs is 1. The number of carbonyl (C=O) groups is 1. The molecule has 1 aromatic heterocycles. The van der Waals surface area contributed by atoms with Crippen LogP contribution in [-0.4, -0.2) is 22.4 Å². The zero-order valence-electron chi connectivity index (χ0n) is 6.37. The summed E-state index contributed by atoms with van der Waals surface area (Å²) in [6, 6.07) is 0. The van der Waals surface area contributed by atoms with Crippen molar-refractivity contribution in [1.29, 1.82) is 0 Å². The fraction of sp³-hybridized carbons (Fsp3) is 0.286. The lowest BCUT2D eigenvalue weighted by molar-refractivity contribution is 0.0940. The van der Waals surface area contributed by atoms with Gasteiger partial charge in [-0.05, 0) is 6.42 Å². The summed E-state index contributed by atoms with van der Waals surface area (Å²) < 4.78 is 0. The first-order chi connectivity index (χ1) is 5.77. The van der Waals surface area contributed by atoms with Gasteiger partial charge in [-0.15, -0.1) is 0 Å². The van der Waals surface area contributed by atoms with E-state index in [0.29, 0.717) is 12.2 Å². The summed E-state index contributed by atoms with van der Waals surface area (Å²) in [5.74, 6) is -0.0175. The van der Waals surface area contributed by atoms with Crippen molar-refractivity contribution in [3.63, 3.8) is 0 Å². The largest absolute Gasteiger partial charge is 0.368 e. The van der Waals surface area contributed by atoms with Crippen molar-refractivity contribution < 1.29 is 4.79 Å². The molecule has 0 spiro atoms. The molecule has 2 rings (SSSR count). The molecule has 1 aromatic rings. The average Bonchev–Trinajstić information content (AvgIpc) is 2.07. The molecule has 0 unspecified atom stereocenters. The smallest absolute Gasteiger partial charge is 0.270 e. The van der Waals surface area contributed by atoms with Crippen molar-refractivity contribution >= 4 is 11.9 Å². The average molecular weight is 164 g/mol. The van der Waals surface area contributed by atoms with E-state index in [4.69, 9.17) is 5.73 Å². The molecule has 1 aliphatic rings. The molecule has 62 valence electrons. The van der Waals surface area contributed by atoms with Gasteiger partial charge < -0.3 is 11.1 Å². The maximum atomic E-state index is 11.2.